The number of aryl methyl sites for hydroxylation is 1. The number of aromatic nitrogens is 1. The molecule has 0 aliphatic heterocycles. The molecule has 7 heteroatoms. The van der Waals surface area contributed by atoms with Crippen LogP contribution in [0.2, 0.25) is 0 Å². The Kier molecular flexibility index (Phi) is 5.05. The van der Waals surface area contributed by atoms with Crippen LogP contribution in [0.1, 0.15) is 36.8 Å². The highest BCUT2D eigenvalue weighted by Gasteiger charge is 2.25. The highest BCUT2D eigenvalue weighted by Crippen LogP contribution is 2.23. The van der Waals surface area contributed by atoms with E-state index in [-0.39, 0.29) is 10.6 Å². The fourth-order valence-electron chi connectivity index (χ4n) is 2.18. The van der Waals surface area contributed by atoms with Crippen molar-refractivity contribution in [3.63, 3.8) is 0 Å². The van der Waals surface area contributed by atoms with Crippen molar-refractivity contribution in [2.75, 3.05) is 5.32 Å². The number of hydrogen-bond acceptors (Lipinski definition) is 4. The molecular formula is C17H21N3O3S. The Balaban J connectivity index is 2.37. The van der Waals surface area contributed by atoms with Crippen LogP contribution in [0.4, 0.5) is 5.69 Å². The first kappa shape index (κ1) is 18.1. The van der Waals surface area contributed by atoms with E-state index in [1.165, 1.54) is 6.07 Å². The number of sulfonamides is 1. The van der Waals surface area contributed by atoms with E-state index in [1.54, 1.807) is 64.2 Å². The molecule has 0 atom stereocenters. The van der Waals surface area contributed by atoms with E-state index in [2.05, 4.69) is 15.0 Å². The Hall–Kier alpha value is -2.25. The number of nitrogens with zero attached hydrogens (tertiary/aromatic N) is 1. The van der Waals surface area contributed by atoms with Crippen LogP contribution in [0.15, 0.2) is 47.5 Å². The molecule has 1 aromatic carbocycles. The van der Waals surface area contributed by atoms with Crippen LogP contribution >= 0.6 is 0 Å². The average Bonchev–Trinajstić information content (AvgIpc) is 2.45. The van der Waals surface area contributed by atoms with Crippen molar-refractivity contribution in [2.45, 2.75) is 38.1 Å². The van der Waals surface area contributed by atoms with E-state index >= 15 is 0 Å². The number of pyridine rings is 1. The molecule has 0 fully saturated rings. The molecule has 1 heterocycles. The molecule has 0 aliphatic carbocycles. The van der Waals surface area contributed by atoms with Gasteiger partial charge in [0.15, 0.2) is 0 Å². The number of nitrogens with one attached hydrogen (secondary N) is 2. The highest BCUT2D eigenvalue weighted by atomic mass is 32.2. The average molecular weight is 347 g/mol. The Bertz CT molecular complexity index is 855. The second-order valence-electron chi connectivity index (χ2n) is 6.44. The van der Waals surface area contributed by atoms with E-state index < -0.39 is 21.5 Å². The number of amides is 1. The number of hydrogen-bond donors (Lipinski definition) is 2. The summed E-state index contributed by atoms with van der Waals surface area (Å²) in [5.41, 5.74) is 0.565. The molecule has 24 heavy (non-hydrogen) atoms. The van der Waals surface area contributed by atoms with Gasteiger partial charge >= 0.3 is 0 Å². The van der Waals surface area contributed by atoms with Gasteiger partial charge in [0, 0.05) is 17.4 Å². The molecule has 2 N–H and O–H groups in total. The third-order valence-electron chi connectivity index (χ3n) is 3.12. The molecule has 1 amide bonds. The molecular weight excluding hydrogens is 326 g/mol. The molecule has 0 spiro atoms. The maximum absolute atomic E-state index is 12.6. The molecule has 0 aliphatic rings. The molecule has 2 aromatic rings. The largest absolute Gasteiger partial charge is 0.321 e. The van der Waals surface area contributed by atoms with Gasteiger partial charge in [0.25, 0.3) is 5.91 Å². The van der Waals surface area contributed by atoms with Gasteiger partial charge in [0.05, 0.1) is 11.3 Å². The second-order valence-corrected chi connectivity index (χ2v) is 8.09. The van der Waals surface area contributed by atoms with Crippen LogP contribution in [0.25, 0.3) is 0 Å². The zero-order valence-corrected chi connectivity index (χ0v) is 14.9. The summed E-state index contributed by atoms with van der Waals surface area (Å²) < 4.78 is 27.7. The van der Waals surface area contributed by atoms with Crippen molar-refractivity contribution in [1.82, 2.24) is 9.71 Å². The fourth-order valence-corrected chi connectivity index (χ4v) is 3.76. The van der Waals surface area contributed by atoms with E-state index in [1.807, 2.05) is 0 Å². The predicted octanol–water partition coefficient (Wildman–Crippen LogP) is 2.72. The fraction of sp³-hybridized carbons (Fsp3) is 0.294. The standard InChI is InChI=1S/C17H21N3O3S/c1-12-13(8-7-11-18-12)16(21)19-14-9-5-6-10-15(14)24(22,23)20-17(2,3)4/h5-11,20H,1-4H3,(H,19,21). The normalized spacial score (nSPS) is 12.0. The number of carbonyl (C=O) groups excluding carboxylic acids is 1. The summed E-state index contributed by atoms with van der Waals surface area (Å²) in [5, 5.41) is 2.66. The molecule has 2 rings (SSSR count). The van der Waals surface area contributed by atoms with Crippen LogP contribution in [0.5, 0.6) is 0 Å². The number of benzene rings is 1. The molecule has 1 aromatic heterocycles. The minimum absolute atomic E-state index is 0.0230. The first-order valence-corrected chi connectivity index (χ1v) is 8.94. The zero-order chi connectivity index (χ0) is 18.0. The van der Waals surface area contributed by atoms with Crippen molar-refractivity contribution < 1.29 is 13.2 Å². The number of rotatable bonds is 4. The van der Waals surface area contributed by atoms with Gasteiger partial charge in [-0.3, -0.25) is 9.78 Å². The zero-order valence-electron chi connectivity index (χ0n) is 14.1. The molecule has 6 nitrogen and oxygen atoms in total. The first-order valence-electron chi connectivity index (χ1n) is 7.46. The maximum Gasteiger partial charge on any atom is 0.257 e. The smallest absolute Gasteiger partial charge is 0.257 e. The summed E-state index contributed by atoms with van der Waals surface area (Å²) in [7, 11) is -3.77. The van der Waals surface area contributed by atoms with Gasteiger partial charge in [-0.15, -0.1) is 0 Å². The summed E-state index contributed by atoms with van der Waals surface area (Å²) in [6.07, 6.45) is 1.60. The highest BCUT2D eigenvalue weighted by molar-refractivity contribution is 7.89. The van der Waals surface area contributed by atoms with Crippen molar-refractivity contribution in [3.8, 4) is 0 Å². The Morgan fingerprint density at radius 1 is 1.08 bits per heavy atom. The number of anilines is 1. The maximum atomic E-state index is 12.6. The van der Waals surface area contributed by atoms with Crippen LogP contribution < -0.4 is 10.0 Å². The lowest BCUT2D eigenvalue weighted by atomic mass is 10.1. The van der Waals surface area contributed by atoms with E-state index in [0.717, 1.165) is 0 Å². The van der Waals surface area contributed by atoms with Gasteiger partial charge in [0.2, 0.25) is 10.0 Å². The van der Waals surface area contributed by atoms with E-state index in [4.69, 9.17) is 0 Å². The lowest BCUT2D eigenvalue weighted by Crippen LogP contribution is -2.40. The Labute approximate surface area is 142 Å². The van der Waals surface area contributed by atoms with Gasteiger partial charge in [-0.05, 0) is 52.0 Å². The van der Waals surface area contributed by atoms with Gasteiger partial charge < -0.3 is 5.32 Å². The third kappa shape index (κ3) is 4.39. The quantitative estimate of drug-likeness (QED) is 0.890. The summed E-state index contributed by atoms with van der Waals surface area (Å²) in [4.78, 5) is 16.5. The van der Waals surface area contributed by atoms with Crippen LogP contribution in [0, 0.1) is 6.92 Å². The van der Waals surface area contributed by atoms with Crippen molar-refractivity contribution in [1.29, 1.82) is 0 Å². The lowest BCUT2D eigenvalue weighted by molar-refractivity contribution is 0.102. The minimum atomic E-state index is -3.77. The van der Waals surface area contributed by atoms with Gasteiger partial charge in [-0.25, -0.2) is 13.1 Å². The molecule has 0 saturated heterocycles. The van der Waals surface area contributed by atoms with Crippen LogP contribution in [-0.2, 0) is 10.0 Å². The summed E-state index contributed by atoms with van der Waals surface area (Å²) in [6, 6.07) is 9.60. The SMILES string of the molecule is Cc1ncccc1C(=O)Nc1ccccc1S(=O)(=O)NC(C)(C)C. The van der Waals surface area contributed by atoms with Crippen molar-refractivity contribution in [3.05, 3.63) is 53.9 Å². The number of carbonyl (C=O) groups is 1. The van der Waals surface area contributed by atoms with Crippen LogP contribution in [-0.4, -0.2) is 24.8 Å². The lowest BCUT2D eigenvalue weighted by Gasteiger charge is -2.21. The van der Waals surface area contributed by atoms with Gasteiger partial charge in [-0.1, -0.05) is 12.1 Å². The van der Waals surface area contributed by atoms with E-state index in [9.17, 15) is 13.2 Å². The molecule has 128 valence electrons. The number of para-hydroxylation sites is 1. The summed E-state index contributed by atoms with van der Waals surface area (Å²) >= 11 is 0. The van der Waals surface area contributed by atoms with Crippen molar-refractivity contribution >= 4 is 21.6 Å². The minimum Gasteiger partial charge on any atom is -0.321 e. The van der Waals surface area contributed by atoms with E-state index in [0.29, 0.717) is 11.3 Å². The summed E-state index contributed by atoms with van der Waals surface area (Å²) in [6.45, 7) is 6.99. The third-order valence-corrected chi connectivity index (χ3v) is 4.93. The topological polar surface area (TPSA) is 88.2 Å². The molecule has 0 unspecified atom stereocenters. The van der Waals surface area contributed by atoms with Gasteiger partial charge in [0.1, 0.15) is 4.90 Å². The second kappa shape index (κ2) is 6.70. The van der Waals surface area contributed by atoms with Crippen LogP contribution in [0.3, 0.4) is 0 Å². The first-order chi connectivity index (χ1) is 11.1. The van der Waals surface area contributed by atoms with Crippen molar-refractivity contribution in [2.24, 2.45) is 0 Å². The Morgan fingerprint density at radius 2 is 1.75 bits per heavy atom. The summed E-state index contributed by atoms with van der Waals surface area (Å²) in [5.74, 6) is -0.404. The molecule has 0 saturated carbocycles. The molecule has 0 radical (unpaired) electrons. The molecule has 0 bridgehead atoms. The monoisotopic (exact) mass is 347 g/mol. The van der Waals surface area contributed by atoms with Gasteiger partial charge in [-0.2, -0.15) is 0 Å². The predicted molar refractivity (Wildman–Crippen MR) is 93.4 cm³/mol. The Morgan fingerprint density at radius 3 is 2.38 bits per heavy atom.